The second-order valence-electron chi connectivity index (χ2n) is 4.77. The van der Waals surface area contributed by atoms with Gasteiger partial charge in [0.15, 0.2) is 0 Å². The zero-order valence-electron chi connectivity index (χ0n) is 10.8. The molecule has 0 aromatic heterocycles. The number of carbonyl (C=O) groups is 1. The molecule has 0 amide bonds. The maximum absolute atomic E-state index is 12.7. The van der Waals surface area contributed by atoms with Gasteiger partial charge in [-0.2, -0.15) is 4.31 Å². The smallest absolute Gasteiger partial charge is 0.303 e. The second-order valence-corrected chi connectivity index (χ2v) is 7.49. The zero-order chi connectivity index (χ0) is 14.8. The Morgan fingerprint density at radius 3 is 2.75 bits per heavy atom. The van der Waals surface area contributed by atoms with E-state index in [9.17, 15) is 13.2 Å². The number of carboxylic acids is 1. The van der Waals surface area contributed by atoms with Crippen molar-refractivity contribution in [2.45, 2.75) is 36.6 Å². The van der Waals surface area contributed by atoms with Gasteiger partial charge in [0.1, 0.15) is 0 Å². The van der Waals surface area contributed by atoms with E-state index in [1.165, 1.54) is 4.31 Å². The van der Waals surface area contributed by atoms with Gasteiger partial charge in [0.05, 0.1) is 4.90 Å². The van der Waals surface area contributed by atoms with Crippen molar-refractivity contribution in [3.05, 3.63) is 28.7 Å². The third kappa shape index (κ3) is 3.21. The Bertz CT molecular complexity index is 602. The molecule has 5 nitrogen and oxygen atoms in total. The SMILES string of the molecule is O=C(O)CCC1CCCN1S(=O)(=O)c1ccccc1Br. The van der Waals surface area contributed by atoms with Gasteiger partial charge in [-0.3, -0.25) is 4.79 Å². The molecule has 0 saturated carbocycles. The average molecular weight is 362 g/mol. The summed E-state index contributed by atoms with van der Waals surface area (Å²) in [6.07, 6.45) is 1.84. The molecule has 1 N–H and O–H groups in total. The first-order valence-corrected chi connectivity index (χ1v) is 8.64. The Balaban J connectivity index is 2.24. The second kappa shape index (κ2) is 6.24. The minimum Gasteiger partial charge on any atom is -0.481 e. The third-order valence-corrected chi connectivity index (χ3v) is 6.40. The number of nitrogens with zero attached hydrogens (tertiary/aromatic N) is 1. The zero-order valence-corrected chi connectivity index (χ0v) is 13.2. The Hall–Kier alpha value is -0.920. The van der Waals surface area contributed by atoms with Crippen LogP contribution in [0.2, 0.25) is 0 Å². The molecule has 1 aromatic carbocycles. The van der Waals surface area contributed by atoms with Gasteiger partial charge in [-0.1, -0.05) is 12.1 Å². The fourth-order valence-corrected chi connectivity index (χ4v) is 5.17. The van der Waals surface area contributed by atoms with Crippen molar-refractivity contribution in [2.75, 3.05) is 6.54 Å². The third-order valence-electron chi connectivity index (χ3n) is 3.44. The highest BCUT2D eigenvalue weighted by atomic mass is 79.9. The van der Waals surface area contributed by atoms with E-state index in [2.05, 4.69) is 15.9 Å². The summed E-state index contributed by atoms with van der Waals surface area (Å²) >= 11 is 3.26. The average Bonchev–Trinajstić information content (AvgIpc) is 2.85. The molecule has 0 radical (unpaired) electrons. The van der Waals surface area contributed by atoms with Crippen molar-refractivity contribution in [1.82, 2.24) is 4.31 Å². The number of sulfonamides is 1. The van der Waals surface area contributed by atoms with Gasteiger partial charge in [0, 0.05) is 23.5 Å². The molecule has 7 heteroatoms. The molecule has 1 aromatic rings. The quantitative estimate of drug-likeness (QED) is 0.873. The van der Waals surface area contributed by atoms with Crippen molar-refractivity contribution >= 4 is 31.9 Å². The number of aliphatic carboxylic acids is 1. The lowest BCUT2D eigenvalue weighted by Gasteiger charge is -2.24. The monoisotopic (exact) mass is 361 g/mol. The summed E-state index contributed by atoms with van der Waals surface area (Å²) in [4.78, 5) is 10.9. The van der Waals surface area contributed by atoms with Gasteiger partial charge in [-0.25, -0.2) is 8.42 Å². The molecule has 1 saturated heterocycles. The molecule has 0 aliphatic carbocycles. The first kappa shape index (κ1) is 15.5. The summed E-state index contributed by atoms with van der Waals surface area (Å²) in [5.74, 6) is -0.893. The first-order chi connectivity index (χ1) is 9.43. The topological polar surface area (TPSA) is 74.7 Å². The van der Waals surface area contributed by atoms with Crippen molar-refractivity contribution in [2.24, 2.45) is 0 Å². The maximum Gasteiger partial charge on any atom is 0.303 e. The molecule has 1 fully saturated rings. The van der Waals surface area contributed by atoms with Crippen molar-refractivity contribution < 1.29 is 18.3 Å². The van der Waals surface area contributed by atoms with E-state index in [1.54, 1.807) is 24.3 Å². The number of halogens is 1. The predicted molar refractivity (Wildman–Crippen MR) is 77.9 cm³/mol. The number of hydrogen-bond acceptors (Lipinski definition) is 3. The van der Waals surface area contributed by atoms with Crippen molar-refractivity contribution in [3.8, 4) is 0 Å². The maximum atomic E-state index is 12.7. The van der Waals surface area contributed by atoms with Gasteiger partial charge in [0.25, 0.3) is 0 Å². The number of rotatable bonds is 5. The van der Waals surface area contributed by atoms with E-state index < -0.39 is 16.0 Å². The number of benzene rings is 1. The fraction of sp³-hybridized carbons (Fsp3) is 0.462. The van der Waals surface area contributed by atoms with E-state index >= 15 is 0 Å². The molecule has 2 rings (SSSR count). The Labute approximate surface area is 126 Å². The molecule has 1 heterocycles. The van der Waals surface area contributed by atoms with Crippen LogP contribution >= 0.6 is 15.9 Å². The number of carboxylic acid groups (broad SMARTS) is 1. The van der Waals surface area contributed by atoms with Gasteiger partial charge < -0.3 is 5.11 Å². The molecule has 0 bridgehead atoms. The number of hydrogen-bond donors (Lipinski definition) is 1. The first-order valence-electron chi connectivity index (χ1n) is 6.41. The van der Waals surface area contributed by atoms with Crippen molar-refractivity contribution in [1.29, 1.82) is 0 Å². The minimum atomic E-state index is -3.57. The molecule has 1 aliphatic rings. The molecule has 0 spiro atoms. The van der Waals surface area contributed by atoms with Crippen LogP contribution in [0.25, 0.3) is 0 Å². The lowest BCUT2D eigenvalue weighted by Crippen LogP contribution is -2.36. The molecular weight excluding hydrogens is 346 g/mol. The molecule has 1 unspecified atom stereocenters. The highest BCUT2D eigenvalue weighted by Crippen LogP contribution is 2.31. The lowest BCUT2D eigenvalue weighted by molar-refractivity contribution is -0.137. The van der Waals surface area contributed by atoms with Crippen molar-refractivity contribution in [3.63, 3.8) is 0 Å². The van der Waals surface area contributed by atoms with Crippen LogP contribution in [0.3, 0.4) is 0 Å². The van der Waals surface area contributed by atoms with Crippen LogP contribution in [0.1, 0.15) is 25.7 Å². The summed E-state index contributed by atoms with van der Waals surface area (Å²) < 4.78 is 27.3. The summed E-state index contributed by atoms with van der Waals surface area (Å²) in [6, 6.07) is 6.47. The van der Waals surface area contributed by atoms with Crippen LogP contribution < -0.4 is 0 Å². The largest absolute Gasteiger partial charge is 0.481 e. The molecular formula is C13H16BrNO4S. The van der Waals surface area contributed by atoms with Gasteiger partial charge in [-0.15, -0.1) is 0 Å². The highest BCUT2D eigenvalue weighted by Gasteiger charge is 2.36. The molecule has 20 heavy (non-hydrogen) atoms. The summed E-state index contributed by atoms with van der Waals surface area (Å²) in [5, 5.41) is 8.75. The Morgan fingerprint density at radius 2 is 2.10 bits per heavy atom. The van der Waals surface area contributed by atoms with Gasteiger partial charge in [0.2, 0.25) is 10.0 Å². The Kier molecular flexibility index (Phi) is 4.82. The predicted octanol–water partition coefficient (Wildman–Crippen LogP) is 2.47. The molecule has 1 atom stereocenters. The van der Waals surface area contributed by atoms with Crippen LogP contribution in [-0.4, -0.2) is 36.4 Å². The summed E-state index contributed by atoms with van der Waals surface area (Å²) in [6.45, 7) is 0.452. The summed E-state index contributed by atoms with van der Waals surface area (Å²) in [7, 11) is -3.57. The molecule has 110 valence electrons. The van der Waals surface area contributed by atoms with Crippen LogP contribution in [0.15, 0.2) is 33.6 Å². The minimum absolute atomic E-state index is 0.00730. The Morgan fingerprint density at radius 1 is 1.40 bits per heavy atom. The van der Waals surface area contributed by atoms with E-state index in [0.29, 0.717) is 17.4 Å². The standard InChI is InChI=1S/C13H16BrNO4S/c14-11-5-1-2-6-12(11)20(18,19)15-9-3-4-10(15)7-8-13(16)17/h1-2,5-6,10H,3-4,7-9H2,(H,16,17). The summed E-state index contributed by atoms with van der Waals surface area (Å²) in [5.41, 5.74) is 0. The fourth-order valence-electron chi connectivity index (χ4n) is 2.48. The van der Waals surface area contributed by atoms with Crippen LogP contribution in [0.5, 0.6) is 0 Å². The van der Waals surface area contributed by atoms with E-state index in [4.69, 9.17) is 5.11 Å². The van der Waals surface area contributed by atoms with E-state index in [0.717, 1.165) is 12.8 Å². The highest BCUT2D eigenvalue weighted by molar-refractivity contribution is 9.10. The van der Waals surface area contributed by atoms with Crippen LogP contribution in [0, 0.1) is 0 Å². The molecule has 1 aliphatic heterocycles. The van der Waals surface area contributed by atoms with Crippen LogP contribution in [-0.2, 0) is 14.8 Å². The van der Waals surface area contributed by atoms with Crippen LogP contribution in [0.4, 0.5) is 0 Å². The van der Waals surface area contributed by atoms with E-state index in [1.807, 2.05) is 0 Å². The lowest BCUT2D eigenvalue weighted by atomic mass is 10.1. The van der Waals surface area contributed by atoms with Gasteiger partial charge in [-0.05, 0) is 47.3 Å². The van der Waals surface area contributed by atoms with E-state index in [-0.39, 0.29) is 17.4 Å². The van der Waals surface area contributed by atoms with Gasteiger partial charge >= 0.3 is 5.97 Å². The normalized spacial score (nSPS) is 20.1.